The minimum atomic E-state index is -0.397. The molecule has 2 nitrogen and oxygen atoms in total. The van der Waals surface area contributed by atoms with E-state index in [9.17, 15) is 8.78 Å². The van der Waals surface area contributed by atoms with Crippen LogP contribution in [0.25, 0.3) is 21.5 Å². The van der Waals surface area contributed by atoms with E-state index in [-0.39, 0.29) is 11.6 Å². The van der Waals surface area contributed by atoms with Crippen molar-refractivity contribution in [3.05, 3.63) is 53.6 Å². The second kappa shape index (κ2) is 7.14. The van der Waals surface area contributed by atoms with Crippen LogP contribution in [0, 0.1) is 11.6 Å². The molecule has 0 atom stereocenters. The normalized spacial score (nSPS) is 11.3. The van der Waals surface area contributed by atoms with Gasteiger partial charge in [-0.05, 0) is 41.3 Å². The van der Waals surface area contributed by atoms with Crippen molar-refractivity contribution in [1.82, 2.24) is 0 Å². The second-order valence-corrected chi connectivity index (χ2v) is 5.76. The van der Waals surface area contributed by atoms with Gasteiger partial charge < -0.3 is 9.47 Å². The van der Waals surface area contributed by atoms with Crippen molar-refractivity contribution in [2.45, 2.75) is 19.8 Å². The Kier molecular flexibility index (Phi) is 4.95. The van der Waals surface area contributed by atoms with Gasteiger partial charge in [0.15, 0.2) is 11.6 Å². The van der Waals surface area contributed by atoms with E-state index in [0.717, 1.165) is 6.42 Å². The molecule has 0 aromatic heterocycles. The van der Waals surface area contributed by atoms with Crippen LogP contribution in [-0.4, -0.2) is 20.3 Å². The van der Waals surface area contributed by atoms with Crippen molar-refractivity contribution in [1.29, 1.82) is 0 Å². The number of benzene rings is 3. The molecule has 0 saturated carbocycles. The number of rotatable bonds is 6. The highest BCUT2D eigenvalue weighted by molar-refractivity contribution is 6.08. The summed E-state index contributed by atoms with van der Waals surface area (Å²) in [6.45, 7) is 2.90. The molecule has 0 heterocycles. The van der Waals surface area contributed by atoms with E-state index in [1.54, 1.807) is 37.4 Å². The summed E-state index contributed by atoms with van der Waals surface area (Å²) in [4.78, 5) is 0. The summed E-state index contributed by atoms with van der Waals surface area (Å²) in [5.74, 6) is -0.425. The molecule has 3 aromatic rings. The zero-order chi connectivity index (χ0) is 17.1. The topological polar surface area (TPSA) is 18.5 Å². The van der Waals surface area contributed by atoms with Gasteiger partial charge in [-0.1, -0.05) is 31.2 Å². The van der Waals surface area contributed by atoms with Crippen LogP contribution in [0.3, 0.4) is 0 Å². The highest BCUT2D eigenvalue weighted by Crippen LogP contribution is 2.33. The maximum atomic E-state index is 14.7. The van der Waals surface area contributed by atoms with Gasteiger partial charge in [-0.25, -0.2) is 8.78 Å². The maximum Gasteiger partial charge on any atom is 0.172 e. The Hall–Kier alpha value is -2.20. The third kappa shape index (κ3) is 2.94. The first-order chi connectivity index (χ1) is 11.7. The Morgan fingerprint density at radius 2 is 1.42 bits per heavy atom. The van der Waals surface area contributed by atoms with E-state index in [1.165, 1.54) is 0 Å². The van der Waals surface area contributed by atoms with Gasteiger partial charge >= 0.3 is 0 Å². The van der Waals surface area contributed by atoms with Crippen molar-refractivity contribution in [3.63, 3.8) is 0 Å². The number of methoxy groups -OCH3 is 1. The van der Waals surface area contributed by atoms with Gasteiger partial charge in [0, 0.05) is 17.9 Å². The number of hydrogen-bond acceptors (Lipinski definition) is 2. The highest BCUT2D eigenvalue weighted by Gasteiger charge is 2.14. The van der Waals surface area contributed by atoms with Gasteiger partial charge in [0.05, 0.1) is 13.2 Å². The summed E-state index contributed by atoms with van der Waals surface area (Å²) in [7, 11) is 1.59. The third-order valence-electron chi connectivity index (χ3n) is 4.15. The van der Waals surface area contributed by atoms with Gasteiger partial charge in [-0.2, -0.15) is 0 Å². The predicted octanol–water partition coefficient (Wildman–Crippen LogP) is 5.25. The lowest BCUT2D eigenvalue weighted by Gasteiger charge is -2.12. The van der Waals surface area contributed by atoms with E-state index in [4.69, 9.17) is 9.47 Å². The molecule has 0 bridgehead atoms. The van der Waals surface area contributed by atoms with Crippen LogP contribution >= 0.6 is 0 Å². The molecule has 3 rings (SSSR count). The lowest BCUT2D eigenvalue weighted by atomic mass is 9.98. The lowest BCUT2D eigenvalue weighted by molar-refractivity contribution is 0.201. The molecule has 126 valence electrons. The molecule has 3 aromatic carbocycles. The molecule has 0 radical (unpaired) electrons. The maximum absolute atomic E-state index is 14.7. The fourth-order valence-electron chi connectivity index (χ4n) is 2.90. The van der Waals surface area contributed by atoms with Crippen molar-refractivity contribution < 1.29 is 18.3 Å². The molecule has 0 aliphatic heterocycles. The average molecular weight is 330 g/mol. The SMILES string of the molecule is CCCOc1ccc2c(ccc3c(F)c(CCOC)ccc32)c1F. The minimum absolute atomic E-state index is 0.237. The smallest absolute Gasteiger partial charge is 0.172 e. The van der Waals surface area contributed by atoms with Crippen molar-refractivity contribution in [3.8, 4) is 5.75 Å². The van der Waals surface area contributed by atoms with Crippen LogP contribution in [0.15, 0.2) is 36.4 Å². The fraction of sp³-hybridized carbons (Fsp3) is 0.300. The van der Waals surface area contributed by atoms with Gasteiger partial charge in [-0.3, -0.25) is 0 Å². The summed E-state index contributed by atoms with van der Waals surface area (Å²) in [6, 6.07) is 10.3. The van der Waals surface area contributed by atoms with Gasteiger partial charge in [0.1, 0.15) is 5.82 Å². The Morgan fingerprint density at radius 3 is 2.08 bits per heavy atom. The quantitative estimate of drug-likeness (QED) is 0.575. The zero-order valence-corrected chi connectivity index (χ0v) is 13.9. The summed E-state index contributed by atoms with van der Waals surface area (Å²) in [5.41, 5.74) is 0.604. The molecule has 4 heteroatoms. The number of hydrogen-bond donors (Lipinski definition) is 0. The molecule has 0 unspecified atom stereocenters. The Balaban J connectivity index is 2.14. The van der Waals surface area contributed by atoms with E-state index in [0.29, 0.717) is 46.7 Å². The van der Waals surface area contributed by atoms with Crippen LogP contribution in [0.5, 0.6) is 5.75 Å². The summed E-state index contributed by atoms with van der Waals surface area (Å²) in [5, 5.41) is 2.33. The molecule has 0 spiro atoms. The Morgan fingerprint density at radius 1 is 0.792 bits per heavy atom. The molecule has 0 fully saturated rings. The van der Waals surface area contributed by atoms with Crippen LogP contribution in [0.1, 0.15) is 18.9 Å². The van der Waals surface area contributed by atoms with Crippen molar-refractivity contribution in [2.75, 3.05) is 20.3 Å². The Labute approximate surface area is 140 Å². The van der Waals surface area contributed by atoms with Gasteiger partial charge in [-0.15, -0.1) is 0 Å². The van der Waals surface area contributed by atoms with Crippen molar-refractivity contribution in [2.24, 2.45) is 0 Å². The molecular formula is C20H20F2O2. The zero-order valence-electron chi connectivity index (χ0n) is 13.9. The monoisotopic (exact) mass is 330 g/mol. The van der Waals surface area contributed by atoms with Crippen LogP contribution in [-0.2, 0) is 11.2 Å². The van der Waals surface area contributed by atoms with Crippen LogP contribution in [0.2, 0.25) is 0 Å². The van der Waals surface area contributed by atoms with E-state index >= 15 is 0 Å². The number of fused-ring (bicyclic) bond motifs is 3. The first kappa shape index (κ1) is 16.7. The summed E-state index contributed by atoms with van der Waals surface area (Å²) < 4.78 is 39.8. The lowest BCUT2D eigenvalue weighted by Crippen LogP contribution is -1.99. The third-order valence-corrected chi connectivity index (χ3v) is 4.15. The number of ether oxygens (including phenoxy) is 2. The number of halogens is 2. The predicted molar refractivity (Wildman–Crippen MR) is 92.7 cm³/mol. The first-order valence-electron chi connectivity index (χ1n) is 8.11. The van der Waals surface area contributed by atoms with Gasteiger partial charge in [0.25, 0.3) is 0 Å². The van der Waals surface area contributed by atoms with Crippen LogP contribution in [0.4, 0.5) is 8.78 Å². The van der Waals surface area contributed by atoms with E-state index < -0.39 is 5.82 Å². The van der Waals surface area contributed by atoms with E-state index in [1.807, 2.05) is 13.0 Å². The summed E-state index contributed by atoms with van der Waals surface area (Å²) in [6.07, 6.45) is 1.32. The standard InChI is InChI=1S/C20H20F2O2/c1-3-11-24-18-9-8-15-14-5-4-13(10-12-23-2)19(21)16(14)6-7-17(15)20(18)22/h4-9H,3,10-12H2,1-2H3. The summed E-state index contributed by atoms with van der Waals surface area (Å²) >= 11 is 0. The minimum Gasteiger partial charge on any atom is -0.491 e. The molecule has 0 amide bonds. The molecule has 0 N–H and O–H groups in total. The fourth-order valence-corrected chi connectivity index (χ4v) is 2.90. The molecule has 0 aliphatic rings. The van der Waals surface area contributed by atoms with Crippen LogP contribution < -0.4 is 4.74 Å². The first-order valence-corrected chi connectivity index (χ1v) is 8.11. The largest absolute Gasteiger partial charge is 0.491 e. The molecule has 0 aliphatic carbocycles. The molecule has 24 heavy (non-hydrogen) atoms. The molecular weight excluding hydrogens is 310 g/mol. The van der Waals surface area contributed by atoms with Gasteiger partial charge in [0.2, 0.25) is 0 Å². The highest BCUT2D eigenvalue weighted by atomic mass is 19.1. The second-order valence-electron chi connectivity index (χ2n) is 5.76. The molecule has 0 saturated heterocycles. The average Bonchev–Trinajstić information content (AvgIpc) is 2.60. The Bertz CT molecular complexity index is 802. The van der Waals surface area contributed by atoms with E-state index in [2.05, 4.69) is 0 Å². The van der Waals surface area contributed by atoms with Crippen molar-refractivity contribution >= 4 is 21.5 Å².